The fourth-order valence-electron chi connectivity index (χ4n) is 2.93. The largest absolute Gasteiger partial charge is 0.324 e. The highest BCUT2D eigenvalue weighted by atomic mass is 35.5. The van der Waals surface area contributed by atoms with E-state index in [4.69, 9.17) is 11.6 Å². The molecule has 6 heteroatoms. The van der Waals surface area contributed by atoms with Gasteiger partial charge in [0.25, 0.3) is 0 Å². The van der Waals surface area contributed by atoms with Crippen molar-refractivity contribution in [2.24, 2.45) is 0 Å². The summed E-state index contributed by atoms with van der Waals surface area (Å²) in [5.41, 5.74) is 3.36. The van der Waals surface area contributed by atoms with Gasteiger partial charge in [-0.15, -0.1) is 0 Å². The van der Waals surface area contributed by atoms with E-state index in [9.17, 15) is 9.18 Å². The summed E-state index contributed by atoms with van der Waals surface area (Å²) >= 11 is 5.78. The minimum atomic E-state index is -0.324. The zero-order chi connectivity index (χ0) is 18.5. The number of aryl methyl sites for hydroxylation is 1. The van der Waals surface area contributed by atoms with Crippen molar-refractivity contribution in [1.29, 1.82) is 0 Å². The van der Waals surface area contributed by atoms with E-state index in [2.05, 4.69) is 10.3 Å². The Labute approximate surface area is 157 Å². The Morgan fingerprint density at radius 3 is 2.77 bits per heavy atom. The number of piperidine rings is 1. The molecule has 26 heavy (non-hydrogen) atoms. The van der Waals surface area contributed by atoms with Crippen LogP contribution in [0.25, 0.3) is 6.08 Å². The number of benzene rings is 1. The molecule has 1 saturated heterocycles. The second-order valence-electron chi connectivity index (χ2n) is 6.28. The number of aromatic nitrogens is 1. The Bertz CT molecular complexity index is 828. The van der Waals surface area contributed by atoms with Crippen LogP contribution in [0.4, 0.5) is 14.9 Å². The first kappa shape index (κ1) is 18.4. The molecule has 2 amide bonds. The van der Waals surface area contributed by atoms with Crippen LogP contribution in [0.15, 0.2) is 42.1 Å². The molecular weight excluding hydrogens is 353 g/mol. The second-order valence-corrected chi connectivity index (χ2v) is 6.71. The number of anilines is 1. The summed E-state index contributed by atoms with van der Waals surface area (Å²) in [4.78, 5) is 18.4. The van der Waals surface area contributed by atoms with E-state index in [1.165, 1.54) is 6.07 Å². The molecule has 1 aliphatic heterocycles. The number of carbonyl (C=O) groups is 1. The maximum absolute atomic E-state index is 13.9. The van der Waals surface area contributed by atoms with Crippen LogP contribution in [0.5, 0.6) is 0 Å². The van der Waals surface area contributed by atoms with E-state index in [-0.39, 0.29) is 11.8 Å². The SMILES string of the molecule is CCc1cc(NC(=O)N2CCC(=Cc3ccc(Cl)cc3F)CC2)ccn1. The molecular formula is C20H21ClFN3O. The molecule has 1 aromatic carbocycles. The highest BCUT2D eigenvalue weighted by Crippen LogP contribution is 2.23. The topological polar surface area (TPSA) is 45.2 Å². The van der Waals surface area contributed by atoms with E-state index in [0.29, 0.717) is 23.7 Å². The molecule has 0 unspecified atom stereocenters. The first-order chi connectivity index (χ1) is 12.5. The standard InChI is InChI=1S/C20H21ClFN3O/c1-2-17-13-18(5-8-23-17)24-20(26)25-9-6-14(7-10-25)11-15-3-4-16(21)12-19(15)22/h3-5,8,11-13H,2,6-7,9-10H2,1H3,(H,23,24,26). The normalized spacial score (nSPS) is 14.3. The van der Waals surface area contributed by atoms with Crippen molar-refractivity contribution >= 4 is 29.4 Å². The van der Waals surface area contributed by atoms with Crippen LogP contribution in [-0.2, 0) is 6.42 Å². The average Bonchev–Trinajstić information content (AvgIpc) is 2.64. The van der Waals surface area contributed by atoms with Gasteiger partial charge >= 0.3 is 6.03 Å². The van der Waals surface area contributed by atoms with Gasteiger partial charge in [0.15, 0.2) is 0 Å². The molecule has 0 radical (unpaired) electrons. The van der Waals surface area contributed by atoms with Gasteiger partial charge in [-0.25, -0.2) is 9.18 Å². The third kappa shape index (κ3) is 4.61. The molecule has 0 saturated carbocycles. The molecule has 1 fully saturated rings. The van der Waals surface area contributed by atoms with Gasteiger partial charge in [0.2, 0.25) is 0 Å². The fraction of sp³-hybridized carbons (Fsp3) is 0.300. The van der Waals surface area contributed by atoms with E-state index >= 15 is 0 Å². The maximum Gasteiger partial charge on any atom is 0.321 e. The van der Waals surface area contributed by atoms with Crippen LogP contribution in [0.1, 0.15) is 31.0 Å². The lowest BCUT2D eigenvalue weighted by atomic mass is 10.0. The number of nitrogens with zero attached hydrogens (tertiary/aromatic N) is 2. The van der Waals surface area contributed by atoms with Crippen molar-refractivity contribution in [3.05, 3.63) is 64.2 Å². The smallest absolute Gasteiger partial charge is 0.321 e. The van der Waals surface area contributed by atoms with Crippen molar-refractivity contribution < 1.29 is 9.18 Å². The summed E-state index contributed by atoms with van der Waals surface area (Å²) in [6.07, 6.45) is 5.84. The lowest BCUT2D eigenvalue weighted by Crippen LogP contribution is -2.39. The minimum Gasteiger partial charge on any atom is -0.324 e. The van der Waals surface area contributed by atoms with Crippen LogP contribution in [0.3, 0.4) is 0 Å². The van der Waals surface area contributed by atoms with Gasteiger partial charge in [-0.3, -0.25) is 4.98 Å². The number of halogens is 2. The summed E-state index contributed by atoms with van der Waals surface area (Å²) in [6.45, 7) is 3.24. The highest BCUT2D eigenvalue weighted by molar-refractivity contribution is 6.30. The zero-order valence-corrected chi connectivity index (χ0v) is 15.4. The Hall–Kier alpha value is -2.40. The number of hydrogen-bond acceptors (Lipinski definition) is 2. The van der Waals surface area contributed by atoms with Gasteiger partial charge in [-0.2, -0.15) is 0 Å². The van der Waals surface area contributed by atoms with E-state index < -0.39 is 0 Å². The van der Waals surface area contributed by atoms with E-state index in [0.717, 1.165) is 36.2 Å². The third-order valence-corrected chi connectivity index (χ3v) is 4.68. The Kier molecular flexibility index (Phi) is 5.89. The van der Waals surface area contributed by atoms with Crippen molar-refractivity contribution in [1.82, 2.24) is 9.88 Å². The molecule has 1 N–H and O–H groups in total. The minimum absolute atomic E-state index is 0.116. The van der Waals surface area contributed by atoms with Gasteiger partial charge in [-0.1, -0.05) is 36.2 Å². The monoisotopic (exact) mass is 373 g/mol. The molecule has 3 rings (SSSR count). The summed E-state index contributed by atoms with van der Waals surface area (Å²) in [5.74, 6) is -0.324. The lowest BCUT2D eigenvalue weighted by molar-refractivity contribution is 0.208. The number of urea groups is 1. The number of pyridine rings is 1. The fourth-order valence-corrected chi connectivity index (χ4v) is 3.09. The predicted octanol–water partition coefficient (Wildman–Crippen LogP) is 5.15. The van der Waals surface area contributed by atoms with Crippen molar-refractivity contribution in [2.45, 2.75) is 26.2 Å². The Morgan fingerprint density at radius 2 is 2.08 bits per heavy atom. The third-order valence-electron chi connectivity index (χ3n) is 4.45. The second kappa shape index (κ2) is 8.32. The first-order valence-corrected chi connectivity index (χ1v) is 9.08. The quantitative estimate of drug-likeness (QED) is 0.808. The summed E-state index contributed by atoms with van der Waals surface area (Å²) < 4.78 is 13.9. The van der Waals surface area contributed by atoms with Crippen LogP contribution < -0.4 is 5.32 Å². The molecule has 4 nitrogen and oxygen atoms in total. The van der Waals surface area contributed by atoms with E-state index in [1.807, 2.05) is 19.1 Å². The van der Waals surface area contributed by atoms with Crippen molar-refractivity contribution in [3.8, 4) is 0 Å². The van der Waals surface area contributed by atoms with Crippen LogP contribution >= 0.6 is 11.6 Å². The maximum atomic E-state index is 13.9. The highest BCUT2D eigenvalue weighted by Gasteiger charge is 2.19. The Morgan fingerprint density at radius 1 is 1.31 bits per heavy atom. The zero-order valence-electron chi connectivity index (χ0n) is 14.6. The Balaban J connectivity index is 1.59. The van der Waals surface area contributed by atoms with Crippen molar-refractivity contribution in [3.63, 3.8) is 0 Å². The van der Waals surface area contributed by atoms with Gasteiger partial charge in [0.05, 0.1) is 0 Å². The van der Waals surface area contributed by atoms with E-state index in [1.54, 1.807) is 29.3 Å². The molecule has 0 spiro atoms. The predicted molar refractivity (Wildman–Crippen MR) is 103 cm³/mol. The average molecular weight is 374 g/mol. The lowest BCUT2D eigenvalue weighted by Gasteiger charge is -2.28. The molecule has 2 aromatic rings. The summed E-state index contributed by atoms with van der Waals surface area (Å²) in [5, 5.41) is 3.31. The number of rotatable bonds is 3. The van der Waals surface area contributed by atoms with Gasteiger partial charge in [-0.05, 0) is 43.5 Å². The van der Waals surface area contributed by atoms with Crippen molar-refractivity contribution in [2.75, 3.05) is 18.4 Å². The number of likely N-dealkylation sites (tertiary alicyclic amines) is 1. The first-order valence-electron chi connectivity index (χ1n) is 8.70. The molecule has 2 heterocycles. The number of carbonyl (C=O) groups excluding carboxylic acids is 1. The van der Waals surface area contributed by atoms with Gasteiger partial charge in [0.1, 0.15) is 5.82 Å². The van der Waals surface area contributed by atoms with Crippen LogP contribution in [0.2, 0.25) is 5.02 Å². The summed E-state index contributed by atoms with van der Waals surface area (Å²) in [6, 6.07) is 8.23. The number of amides is 2. The molecule has 0 bridgehead atoms. The molecule has 0 atom stereocenters. The van der Waals surface area contributed by atoms with Crippen LogP contribution in [0, 0.1) is 5.82 Å². The molecule has 1 aromatic heterocycles. The number of hydrogen-bond donors (Lipinski definition) is 1. The van der Waals surface area contributed by atoms with Gasteiger partial charge < -0.3 is 10.2 Å². The molecule has 0 aliphatic carbocycles. The molecule has 136 valence electrons. The number of nitrogens with one attached hydrogen (secondary N) is 1. The molecule has 1 aliphatic rings. The summed E-state index contributed by atoms with van der Waals surface area (Å²) in [7, 11) is 0. The van der Waals surface area contributed by atoms with Gasteiger partial charge in [0, 0.05) is 41.3 Å². The van der Waals surface area contributed by atoms with Crippen LogP contribution in [-0.4, -0.2) is 29.0 Å².